The Morgan fingerprint density at radius 2 is 2.14 bits per heavy atom. The van der Waals surface area contributed by atoms with E-state index in [0.29, 0.717) is 22.4 Å². The van der Waals surface area contributed by atoms with Crippen molar-refractivity contribution in [3.63, 3.8) is 0 Å². The molecular weight excluding hydrogens is 288 g/mol. The van der Waals surface area contributed by atoms with E-state index in [4.69, 9.17) is 13.6 Å². The van der Waals surface area contributed by atoms with Gasteiger partial charge in [0.25, 0.3) is 5.91 Å². The van der Waals surface area contributed by atoms with Gasteiger partial charge in [-0.05, 0) is 30.3 Å². The summed E-state index contributed by atoms with van der Waals surface area (Å²) in [4.78, 5) is 27.4. The van der Waals surface area contributed by atoms with Gasteiger partial charge in [-0.15, -0.1) is 0 Å². The average Bonchev–Trinajstić information content (AvgIpc) is 3.20. The highest BCUT2D eigenvalue weighted by Crippen LogP contribution is 2.14. The van der Waals surface area contributed by atoms with E-state index in [1.165, 1.54) is 12.7 Å². The standard InChI is InChI=1S/C15H12N2O5/c18-14(16-7-11-2-1-5-20-11)8-21-15(19)10-3-4-13-12(6-10)17-9-22-13/h1-6,9H,7-8H2,(H,16,18). The number of carbonyl (C=O) groups is 2. The monoisotopic (exact) mass is 300 g/mol. The molecule has 0 saturated heterocycles. The van der Waals surface area contributed by atoms with E-state index in [0.717, 1.165) is 0 Å². The zero-order chi connectivity index (χ0) is 15.4. The van der Waals surface area contributed by atoms with Crippen LogP contribution >= 0.6 is 0 Å². The molecule has 0 bridgehead atoms. The molecule has 7 nitrogen and oxygen atoms in total. The zero-order valence-electron chi connectivity index (χ0n) is 11.4. The molecule has 22 heavy (non-hydrogen) atoms. The number of nitrogens with one attached hydrogen (secondary N) is 1. The molecule has 0 radical (unpaired) electrons. The van der Waals surface area contributed by atoms with Gasteiger partial charge in [-0.25, -0.2) is 9.78 Å². The van der Waals surface area contributed by atoms with Crippen molar-refractivity contribution in [3.05, 3.63) is 54.3 Å². The number of carbonyl (C=O) groups excluding carboxylic acids is 2. The van der Waals surface area contributed by atoms with Crippen LogP contribution in [0.1, 0.15) is 16.1 Å². The lowest BCUT2D eigenvalue weighted by Gasteiger charge is -2.05. The van der Waals surface area contributed by atoms with Crippen molar-refractivity contribution >= 4 is 23.0 Å². The second kappa shape index (κ2) is 6.13. The van der Waals surface area contributed by atoms with Gasteiger partial charge in [-0.3, -0.25) is 4.79 Å². The topological polar surface area (TPSA) is 94.6 Å². The molecule has 0 atom stereocenters. The number of aromatic nitrogens is 1. The van der Waals surface area contributed by atoms with Crippen LogP contribution in [0.2, 0.25) is 0 Å². The Balaban J connectivity index is 1.51. The molecule has 0 unspecified atom stereocenters. The molecule has 0 saturated carbocycles. The molecule has 112 valence electrons. The number of hydrogen-bond acceptors (Lipinski definition) is 6. The summed E-state index contributed by atoms with van der Waals surface area (Å²) in [5, 5.41) is 2.58. The minimum absolute atomic E-state index is 0.244. The minimum atomic E-state index is -0.599. The lowest BCUT2D eigenvalue weighted by molar-refractivity contribution is -0.124. The van der Waals surface area contributed by atoms with Crippen molar-refractivity contribution < 1.29 is 23.2 Å². The van der Waals surface area contributed by atoms with Crippen LogP contribution in [0.15, 0.2) is 51.8 Å². The first kappa shape index (κ1) is 13.9. The first-order valence-corrected chi connectivity index (χ1v) is 6.52. The van der Waals surface area contributed by atoms with Gasteiger partial charge in [-0.1, -0.05) is 0 Å². The highest BCUT2D eigenvalue weighted by molar-refractivity contribution is 5.94. The number of hydrogen-bond donors (Lipinski definition) is 1. The van der Waals surface area contributed by atoms with E-state index >= 15 is 0 Å². The fourth-order valence-corrected chi connectivity index (χ4v) is 1.85. The number of fused-ring (bicyclic) bond motifs is 1. The highest BCUT2D eigenvalue weighted by Gasteiger charge is 2.12. The zero-order valence-corrected chi connectivity index (χ0v) is 11.4. The molecule has 2 heterocycles. The minimum Gasteiger partial charge on any atom is -0.467 e. The molecule has 3 rings (SSSR count). The van der Waals surface area contributed by atoms with Gasteiger partial charge in [0.1, 0.15) is 11.3 Å². The second-order valence-corrected chi connectivity index (χ2v) is 4.47. The fraction of sp³-hybridized carbons (Fsp3) is 0.133. The van der Waals surface area contributed by atoms with Crippen molar-refractivity contribution in [1.82, 2.24) is 10.3 Å². The molecule has 1 N–H and O–H groups in total. The summed E-state index contributed by atoms with van der Waals surface area (Å²) in [6.07, 6.45) is 2.81. The van der Waals surface area contributed by atoms with Crippen LogP contribution < -0.4 is 5.32 Å². The van der Waals surface area contributed by atoms with Crippen molar-refractivity contribution in [2.45, 2.75) is 6.54 Å². The predicted molar refractivity (Wildman–Crippen MR) is 74.8 cm³/mol. The number of esters is 1. The Labute approximate surface area is 124 Å². The maximum Gasteiger partial charge on any atom is 0.338 e. The molecular formula is C15H12N2O5. The van der Waals surface area contributed by atoms with Gasteiger partial charge in [0.05, 0.1) is 18.4 Å². The van der Waals surface area contributed by atoms with Crippen LogP contribution in [0.5, 0.6) is 0 Å². The summed E-state index contributed by atoms with van der Waals surface area (Å²) in [5.74, 6) is -0.388. The van der Waals surface area contributed by atoms with Crippen molar-refractivity contribution in [2.24, 2.45) is 0 Å². The largest absolute Gasteiger partial charge is 0.467 e. The average molecular weight is 300 g/mol. The van der Waals surface area contributed by atoms with Gasteiger partial charge in [0.15, 0.2) is 18.6 Å². The first-order chi connectivity index (χ1) is 10.7. The molecule has 1 aromatic carbocycles. The Hall–Kier alpha value is -3.09. The van der Waals surface area contributed by atoms with E-state index < -0.39 is 11.9 Å². The van der Waals surface area contributed by atoms with Crippen LogP contribution in [0.25, 0.3) is 11.1 Å². The van der Waals surface area contributed by atoms with Crippen molar-refractivity contribution in [2.75, 3.05) is 6.61 Å². The molecule has 7 heteroatoms. The normalized spacial score (nSPS) is 10.5. The Morgan fingerprint density at radius 3 is 2.95 bits per heavy atom. The Morgan fingerprint density at radius 1 is 1.23 bits per heavy atom. The van der Waals surface area contributed by atoms with Crippen LogP contribution in [0.4, 0.5) is 0 Å². The summed E-state index contributed by atoms with van der Waals surface area (Å²) in [5.41, 5.74) is 1.43. The van der Waals surface area contributed by atoms with Crippen molar-refractivity contribution in [1.29, 1.82) is 0 Å². The van der Waals surface area contributed by atoms with E-state index in [9.17, 15) is 9.59 Å². The lowest BCUT2D eigenvalue weighted by atomic mass is 10.2. The molecule has 2 aromatic heterocycles. The van der Waals surface area contributed by atoms with E-state index in [-0.39, 0.29) is 13.2 Å². The molecule has 0 spiro atoms. The summed E-state index contributed by atoms with van der Waals surface area (Å²) in [6, 6.07) is 8.18. The quantitative estimate of drug-likeness (QED) is 0.723. The SMILES string of the molecule is O=C(COC(=O)c1ccc2ocnc2c1)NCc1ccco1. The number of benzene rings is 1. The summed E-state index contributed by atoms with van der Waals surface area (Å²) >= 11 is 0. The maximum atomic E-state index is 11.9. The van der Waals surface area contributed by atoms with Crippen molar-refractivity contribution in [3.8, 4) is 0 Å². The molecule has 0 fully saturated rings. The van der Waals surface area contributed by atoms with Crippen LogP contribution in [0, 0.1) is 0 Å². The third-order valence-electron chi connectivity index (χ3n) is 2.94. The smallest absolute Gasteiger partial charge is 0.338 e. The molecule has 0 aliphatic heterocycles. The third-order valence-corrected chi connectivity index (χ3v) is 2.94. The maximum absolute atomic E-state index is 11.9. The second-order valence-electron chi connectivity index (χ2n) is 4.47. The van der Waals surface area contributed by atoms with Gasteiger partial charge in [0.2, 0.25) is 0 Å². The number of ether oxygens (including phenoxy) is 1. The number of amides is 1. The first-order valence-electron chi connectivity index (χ1n) is 6.52. The summed E-state index contributed by atoms with van der Waals surface area (Å²) in [6.45, 7) is -0.120. The molecule has 0 aliphatic rings. The highest BCUT2D eigenvalue weighted by atomic mass is 16.5. The third kappa shape index (κ3) is 3.14. The van der Waals surface area contributed by atoms with Gasteiger partial charge < -0.3 is 18.9 Å². The Kier molecular flexibility index (Phi) is 3.86. The predicted octanol–water partition coefficient (Wildman–Crippen LogP) is 1.89. The summed E-state index contributed by atoms with van der Waals surface area (Å²) < 4.78 is 15.1. The van der Waals surface area contributed by atoms with Crippen LogP contribution in [-0.2, 0) is 16.1 Å². The molecule has 1 amide bonds. The number of rotatable bonds is 5. The van der Waals surface area contributed by atoms with Gasteiger partial charge in [-0.2, -0.15) is 0 Å². The van der Waals surface area contributed by atoms with E-state index in [1.54, 1.807) is 30.3 Å². The van der Waals surface area contributed by atoms with E-state index in [1.807, 2.05) is 0 Å². The lowest BCUT2D eigenvalue weighted by Crippen LogP contribution is -2.28. The van der Waals surface area contributed by atoms with Crippen LogP contribution in [-0.4, -0.2) is 23.5 Å². The fourth-order valence-electron chi connectivity index (χ4n) is 1.85. The Bertz CT molecular complexity index is 791. The summed E-state index contributed by atoms with van der Waals surface area (Å²) in [7, 11) is 0. The molecule has 0 aliphatic carbocycles. The number of nitrogens with zero attached hydrogens (tertiary/aromatic N) is 1. The number of oxazole rings is 1. The van der Waals surface area contributed by atoms with Gasteiger partial charge in [0, 0.05) is 0 Å². The van der Waals surface area contributed by atoms with E-state index in [2.05, 4.69) is 10.3 Å². The number of furan rings is 1. The van der Waals surface area contributed by atoms with Gasteiger partial charge >= 0.3 is 5.97 Å². The molecule has 3 aromatic rings. The van der Waals surface area contributed by atoms with Crippen LogP contribution in [0.3, 0.4) is 0 Å².